The van der Waals surface area contributed by atoms with Crippen LogP contribution in [0.2, 0.25) is 0 Å². The third kappa shape index (κ3) is 3.93. The smallest absolute Gasteiger partial charge is 0.333 e. The van der Waals surface area contributed by atoms with Crippen molar-refractivity contribution in [3.8, 4) is 0 Å². The number of rotatable bonds is 1. The van der Waals surface area contributed by atoms with Crippen molar-refractivity contribution in [3.05, 3.63) is 0 Å². The summed E-state index contributed by atoms with van der Waals surface area (Å²) in [5.74, 6) is 0. The summed E-state index contributed by atoms with van der Waals surface area (Å²) in [6, 6.07) is 0.0212. The normalized spacial score (nSPS) is 16.6. The van der Waals surface area contributed by atoms with Gasteiger partial charge >= 0.3 is 6.03 Å². The molecule has 0 heterocycles. The van der Waals surface area contributed by atoms with Crippen LogP contribution in [0.15, 0.2) is 0 Å². The molecular formula is C7H14N4OS. The molecule has 2 amide bonds. The average Bonchev–Trinajstić information content (AvgIpc) is 2.53. The van der Waals surface area contributed by atoms with Crippen molar-refractivity contribution in [3.63, 3.8) is 0 Å². The van der Waals surface area contributed by atoms with Gasteiger partial charge in [-0.25, -0.2) is 10.2 Å². The summed E-state index contributed by atoms with van der Waals surface area (Å²) in [6.07, 6.45) is 4.49. The minimum Gasteiger partial charge on any atom is -0.375 e. The van der Waals surface area contributed by atoms with E-state index in [1.165, 1.54) is 12.8 Å². The first kappa shape index (κ1) is 10.0. The summed E-state index contributed by atoms with van der Waals surface area (Å²) in [5.41, 5.74) is 9.84. The number of hydrogen-bond donors (Lipinski definition) is 4. The predicted molar refractivity (Wildman–Crippen MR) is 53.8 cm³/mol. The van der Waals surface area contributed by atoms with Crippen LogP contribution in [0.5, 0.6) is 0 Å². The molecule has 0 atom stereocenters. The monoisotopic (exact) mass is 202 g/mol. The molecule has 6 heteroatoms. The Balaban J connectivity index is 2.13. The van der Waals surface area contributed by atoms with Crippen molar-refractivity contribution in [1.82, 2.24) is 16.2 Å². The zero-order chi connectivity index (χ0) is 9.68. The number of thiocarbonyl (C=S) groups is 1. The second-order valence-corrected chi connectivity index (χ2v) is 3.51. The van der Waals surface area contributed by atoms with E-state index in [1.54, 1.807) is 0 Å². The van der Waals surface area contributed by atoms with Crippen LogP contribution in [0.1, 0.15) is 25.7 Å². The first-order valence-electron chi connectivity index (χ1n) is 4.30. The molecule has 0 aliphatic heterocycles. The molecule has 0 spiro atoms. The van der Waals surface area contributed by atoms with Gasteiger partial charge in [0.25, 0.3) is 0 Å². The average molecular weight is 202 g/mol. The fourth-order valence-corrected chi connectivity index (χ4v) is 1.46. The minimum absolute atomic E-state index is 0.0570. The van der Waals surface area contributed by atoms with Crippen LogP contribution in [-0.4, -0.2) is 17.2 Å². The molecule has 1 aliphatic rings. The van der Waals surface area contributed by atoms with Crippen molar-refractivity contribution in [2.45, 2.75) is 31.7 Å². The van der Waals surface area contributed by atoms with E-state index in [0.29, 0.717) is 6.04 Å². The summed E-state index contributed by atoms with van der Waals surface area (Å²) in [7, 11) is 0. The van der Waals surface area contributed by atoms with Gasteiger partial charge in [0.2, 0.25) is 0 Å². The summed E-state index contributed by atoms with van der Waals surface area (Å²) >= 11 is 4.52. The molecule has 1 rings (SSSR count). The number of hydrazine groups is 1. The number of carbonyl (C=O) groups excluding carboxylic acids is 1. The molecule has 0 aromatic carbocycles. The van der Waals surface area contributed by atoms with Crippen LogP contribution < -0.4 is 21.9 Å². The quantitative estimate of drug-likeness (QED) is 0.356. The van der Waals surface area contributed by atoms with Gasteiger partial charge in [0.15, 0.2) is 5.11 Å². The van der Waals surface area contributed by atoms with Gasteiger partial charge in [0.05, 0.1) is 0 Å². The third-order valence-electron chi connectivity index (χ3n) is 1.99. The second-order valence-electron chi connectivity index (χ2n) is 3.07. The molecular weight excluding hydrogens is 188 g/mol. The summed E-state index contributed by atoms with van der Waals surface area (Å²) in [4.78, 5) is 11.1. The molecule has 13 heavy (non-hydrogen) atoms. The Labute approximate surface area is 82.4 Å². The van der Waals surface area contributed by atoms with E-state index in [2.05, 4.69) is 28.4 Å². The molecule has 74 valence electrons. The number of hydrogen-bond acceptors (Lipinski definition) is 2. The fourth-order valence-electron chi connectivity index (χ4n) is 1.41. The molecule has 0 unspecified atom stereocenters. The number of nitrogens with one attached hydrogen (secondary N) is 3. The number of carbonyl (C=O) groups is 1. The van der Waals surface area contributed by atoms with Gasteiger partial charge in [-0.15, -0.1) is 0 Å². The predicted octanol–water partition coefficient (Wildman–Crippen LogP) is -0.0236. The topological polar surface area (TPSA) is 79.2 Å². The molecule has 1 aliphatic carbocycles. The van der Waals surface area contributed by atoms with Crippen molar-refractivity contribution in [1.29, 1.82) is 0 Å². The van der Waals surface area contributed by atoms with Crippen molar-refractivity contribution in [2.24, 2.45) is 5.73 Å². The molecule has 0 radical (unpaired) electrons. The Bertz CT molecular complexity index is 203. The molecule has 0 saturated heterocycles. The van der Waals surface area contributed by atoms with Gasteiger partial charge < -0.3 is 11.1 Å². The van der Waals surface area contributed by atoms with E-state index in [1.807, 2.05) is 0 Å². The molecule has 1 saturated carbocycles. The number of nitrogens with two attached hydrogens (primary N) is 1. The van der Waals surface area contributed by atoms with Crippen LogP contribution in [0.4, 0.5) is 4.79 Å². The Kier molecular flexibility index (Phi) is 3.75. The van der Waals surface area contributed by atoms with Gasteiger partial charge in [0.1, 0.15) is 0 Å². The first-order chi connectivity index (χ1) is 6.18. The first-order valence-corrected chi connectivity index (χ1v) is 4.71. The molecule has 0 bridgehead atoms. The molecule has 5 nitrogen and oxygen atoms in total. The van der Waals surface area contributed by atoms with Crippen molar-refractivity contribution in [2.75, 3.05) is 0 Å². The van der Waals surface area contributed by atoms with Gasteiger partial charge in [-0.3, -0.25) is 5.43 Å². The fraction of sp³-hybridized carbons (Fsp3) is 0.714. The summed E-state index contributed by atoms with van der Waals surface area (Å²) in [5, 5.41) is 2.86. The van der Waals surface area contributed by atoms with E-state index in [4.69, 9.17) is 5.73 Å². The Morgan fingerprint density at radius 3 is 2.46 bits per heavy atom. The molecule has 0 aromatic heterocycles. The lowest BCUT2D eigenvalue weighted by molar-refractivity contribution is 0.235. The Hall–Kier alpha value is -1.04. The van der Waals surface area contributed by atoms with Crippen LogP contribution in [0, 0.1) is 0 Å². The van der Waals surface area contributed by atoms with E-state index in [9.17, 15) is 4.79 Å². The molecule has 0 aromatic rings. The van der Waals surface area contributed by atoms with Crippen molar-refractivity contribution < 1.29 is 4.79 Å². The van der Waals surface area contributed by atoms with Crippen LogP contribution in [-0.2, 0) is 0 Å². The van der Waals surface area contributed by atoms with Crippen LogP contribution in [0.3, 0.4) is 0 Å². The third-order valence-corrected chi connectivity index (χ3v) is 2.09. The largest absolute Gasteiger partial charge is 0.375 e. The maximum atomic E-state index is 11.1. The summed E-state index contributed by atoms with van der Waals surface area (Å²) in [6.45, 7) is 0. The van der Waals surface area contributed by atoms with Crippen LogP contribution >= 0.6 is 12.2 Å². The maximum absolute atomic E-state index is 11.1. The second kappa shape index (κ2) is 4.86. The minimum atomic E-state index is -0.278. The highest BCUT2D eigenvalue weighted by Crippen LogP contribution is 2.17. The number of urea groups is 1. The Morgan fingerprint density at radius 2 is 1.92 bits per heavy atom. The lowest BCUT2D eigenvalue weighted by atomic mass is 10.3. The lowest BCUT2D eigenvalue weighted by Crippen LogP contribution is -2.50. The van der Waals surface area contributed by atoms with E-state index >= 15 is 0 Å². The van der Waals surface area contributed by atoms with E-state index in [0.717, 1.165) is 12.8 Å². The zero-order valence-electron chi connectivity index (χ0n) is 7.30. The Morgan fingerprint density at radius 1 is 1.31 bits per heavy atom. The highest BCUT2D eigenvalue weighted by Gasteiger charge is 2.16. The standard InChI is InChI=1S/C7H14N4OS/c8-6(13)10-11-7(12)9-5-3-1-2-4-5/h5H,1-4H2,(H3,8,10,13)(H2,9,11,12). The van der Waals surface area contributed by atoms with Crippen LogP contribution in [0.25, 0.3) is 0 Å². The van der Waals surface area contributed by atoms with Crippen molar-refractivity contribution >= 4 is 23.4 Å². The van der Waals surface area contributed by atoms with E-state index in [-0.39, 0.29) is 11.1 Å². The van der Waals surface area contributed by atoms with Gasteiger partial charge in [-0.05, 0) is 25.1 Å². The van der Waals surface area contributed by atoms with Gasteiger partial charge in [-0.1, -0.05) is 12.8 Å². The highest BCUT2D eigenvalue weighted by atomic mass is 32.1. The molecule has 1 fully saturated rings. The number of amides is 2. The van der Waals surface area contributed by atoms with Gasteiger partial charge in [0, 0.05) is 6.04 Å². The molecule has 5 N–H and O–H groups in total. The maximum Gasteiger partial charge on any atom is 0.333 e. The lowest BCUT2D eigenvalue weighted by Gasteiger charge is -2.12. The summed E-state index contributed by atoms with van der Waals surface area (Å²) < 4.78 is 0. The highest BCUT2D eigenvalue weighted by molar-refractivity contribution is 7.80. The zero-order valence-corrected chi connectivity index (χ0v) is 8.12. The SMILES string of the molecule is NC(=S)NNC(=O)NC1CCCC1. The van der Waals surface area contributed by atoms with Gasteiger partial charge in [-0.2, -0.15) is 0 Å². The van der Waals surface area contributed by atoms with E-state index < -0.39 is 0 Å².